The van der Waals surface area contributed by atoms with Crippen molar-refractivity contribution in [3.05, 3.63) is 29.3 Å². The Hall–Kier alpha value is -1.99. The minimum atomic E-state index is -0.0108. The maximum atomic E-state index is 11.9. The Bertz CT molecular complexity index is 645. The second kappa shape index (κ2) is 11.8. The van der Waals surface area contributed by atoms with E-state index >= 15 is 0 Å². The van der Waals surface area contributed by atoms with Gasteiger partial charge in [0.05, 0.1) is 10.7 Å². The van der Waals surface area contributed by atoms with Gasteiger partial charge in [-0.2, -0.15) is 0 Å². The number of carbonyl (C=O) groups is 1. The van der Waals surface area contributed by atoms with E-state index in [0.717, 1.165) is 62.4 Å². The van der Waals surface area contributed by atoms with Crippen LogP contribution in [-0.2, 0) is 9.53 Å². The average molecular weight is 410 g/mol. The molecule has 1 fully saturated rings. The number of likely N-dealkylation sites (N-methyl/N-ethyl adjacent to an activating group) is 1. The van der Waals surface area contributed by atoms with Crippen molar-refractivity contribution in [3.63, 3.8) is 0 Å². The number of para-hydroxylation sites is 1. The number of benzene rings is 1. The standard InChI is InChI=1S/C20H32ClN5O2/c1-4-28-15-7-10-22-20(23-16-19(27)24(2)3)26-13-11-25(12-14-26)18-9-6-5-8-17(18)21/h5-6,8-9H,4,7,10-16H2,1-3H3,(H,22,23). The molecule has 156 valence electrons. The molecular formula is C20H32ClN5O2. The molecule has 0 spiro atoms. The molecule has 1 saturated heterocycles. The predicted molar refractivity (Wildman–Crippen MR) is 115 cm³/mol. The summed E-state index contributed by atoms with van der Waals surface area (Å²) in [5, 5.41) is 4.16. The van der Waals surface area contributed by atoms with E-state index in [0.29, 0.717) is 6.61 Å². The first-order chi connectivity index (χ1) is 13.5. The lowest BCUT2D eigenvalue weighted by molar-refractivity contribution is -0.127. The van der Waals surface area contributed by atoms with Crippen LogP contribution in [0.4, 0.5) is 5.69 Å². The molecule has 0 atom stereocenters. The summed E-state index contributed by atoms with van der Waals surface area (Å²) in [6.07, 6.45) is 0.897. The highest BCUT2D eigenvalue weighted by molar-refractivity contribution is 6.33. The van der Waals surface area contributed by atoms with Gasteiger partial charge >= 0.3 is 0 Å². The topological polar surface area (TPSA) is 60.4 Å². The van der Waals surface area contributed by atoms with E-state index in [-0.39, 0.29) is 12.5 Å². The van der Waals surface area contributed by atoms with Crippen LogP contribution in [0.25, 0.3) is 0 Å². The van der Waals surface area contributed by atoms with Gasteiger partial charge in [0.15, 0.2) is 5.96 Å². The number of nitrogens with zero attached hydrogens (tertiary/aromatic N) is 4. The molecule has 7 nitrogen and oxygen atoms in total. The van der Waals surface area contributed by atoms with Crippen molar-refractivity contribution in [3.8, 4) is 0 Å². The van der Waals surface area contributed by atoms with Crippen molar-refractivity contribution in [2.24, 2.45) is 4.99 Å². The second-order valence-electron chi connectivity index (χ2n) is 6.83. The molecule has 0 aromatic heterocycles. The molecule has 1 heterocycles. The van der Waals surface area contributed by atoms with Gasteiger partial charge in [0.2, 0.25) is 5.91 Å². The fourth-order valence-corrected chi connectivity index (χ4v) is 3.19. The van der Waals surface area contributed by atoms with Crippen LogP contribution in [0.3, 0.4) is 0 Å². The van der Waals surface area contributed by atoms with Gasteiger partial charge in [-0.05, 0) is 25.5 Å². The maximum absolute atomic E-state index is 11.9. The summed E-state index contributed by atoms with van der Waals surface area (Å²) in [7, 11) is 3.49. The minimum absolute atomic E-state index is 0.0108. The van der Waals surface area contributed by atoms with Gasteiger partial charge in [-0.1, -0.05) is 23.7 Å². The van der Waals surface area contributed by atoms with Gasteiger partial charge in [-0.25, -0.2) is 4.99 Å². The highest BCUT2D eigenvalue weighted by Gasteiger charge is 2.21. The Morgan fingerprint density at radius 3 is 2.61 bits per heavy atom. The molecule has 2 rings (SSSR count). The van der Waals surface area contributed by atoms with Crippen LogP contribution in [0.2, 0.25) is 5.02 Å². The van der Waals surface area contributed by atoms with E-state index in [1.165, 1.54) is 0 Å². The summed E-state index contributed by atoms with van der Waals surface area (Å²) >= 11 is 6.34. The predicted octanol–water partition coefficient (Wildman–Crippen LogP) is 1.92. The third-order valence-electron chi connectivity index (χ3n) is 4.59. The first-order valence-electron chi connectivity index (χ1n) is 9.83. The lowest BCUT2D eigenvalue weighted by Gasteiger charge is -2.38. The average Bonchev–Trinajstić information content (AvgIpc) is 2.70. The molecule has 1 N–H and O–H groups in total. The number of piperazine rings is 1. The van der Waals surface area contributed by atoms with E-state index in [2.05, 4.69) is 26.2 Å². The Morgan fingerprint density at radius 1 is 1.25 bits per heavy atom. The molecule has 0 bridgehead atoms. The summed E-state index contributed by atoms with van der Waals surface area (Å²) in [6.45, 7) is 7.68. The molecule has 28 heavy (non-hydrogen) atoms. The smallest absolute Gasteiger partial charge is 0.243 e. The Morgan fingerprint density at radius 2 is 1.96 bits per heavy atom. The first-order valence-corrected chi connectivity index (χ1v) is 10.2. The first kappa shape index (κ1) is 22.3. The van der Waals surface area contributed by atoms with Crippen molar-refractivity contribution in [2.45, 2.75) is 13.3 Å². The molecule has 1 aromatic carbocycles. The largest absolute Gasteiger partial charge is 0.382 e. The summed E-state index contributed by atoms with van der Waals surface area (Å²) in [4.78, 5) is 22.6. The van der Waals surface area contributed by atoms with Gasteiger partial charge in [0.25, 0.3) is 0 Å². The highest BCUT2D eigenvalue weighted by Crippen LogP contribution is 2.25. The third kappa shape index (κ3) is 6.87. The van der Waals surface area contributed by atoms with Crippen LogP contribution in [0.15, 0.2) is 29.3 Å². The summed E-state index contributed by atoms with van der Waals surface area (Å²) < 4.78 is 5.39. The van der Waals surface area contributed by atoms with Crippen molar-refractivity contribution < 1.29 is 9.53 Å². The van der Waals surface area contributed by atoms with Crippen molar-refractivity contribution in [1.82, 2.24) is 15.1 Å². The monoisotopic (exact) mass is 409 g/mol. The molecular weight excluding hydrogens is 378 g/mol. The zero-order valence-corrected chi connectivity index (χ0v) is 17.9. The fourth-order valence-electron chi connectivity index (χ4n) is 2.94. The minimum Gasteiger partial charge on any atom is -0.382 e. The number of halogens is 1. The van der Waals surface area contributed by atoms with Crippen LogP contribution < -0.4 is 10.2 Å². The number of aliphatic imine (C=N–C) groups is 1. The van der Waals surface area contributed by atoms with Gasteiger partial charge < -0.3 is 24.8 Å². The summed E-state index contributed by atoms with van der Waals surface area (Å²) in [5.41, 5.74) is 1.06. The zero-order chi connectivity index (χ0) is 20.4. The Balaban J connectivity index is 1.95. The number of nitrogens with one attached hydrogen (secondary N) is 1. The van der Waals surface area contributed by atoms with Crippen molar-refractivity contribution in [1.29, 1.82) is 0 Å². The lowest BCUT2D eigenvalue weighted by atomic mass is 10.2. The fraction of sp³-hybridized carbons (Fsp3) is 0.600. The number of rotatable bonds is 8. The Kier molecular flexibility index (Phi) is 9.37. The van der Waals surface area contributed by atoms with E-state index < -0.39 is 0 Å². The molecule has 0 radical (unpaired) electrons. The molecule has 1 aliphatic rings. The number of hydrogen-bond acceptors (Lipinski definition) is 4. The van der Waals surface area contributed by atoms with Crippen LogP contribution in [0.5, 0.6) is 0 Å². The van der Waals surface area contributed by atoms with Gasteiger partial charge in [-0.3, -0.25) is 4.79 Å². The zero-order valence-electron chi connectivity index (χ0n) is 17.2. The number of amides is 1. The quantitative estimate of drug-likeness (QED) is 0.404. The number of hydrogen-bond donors (Lipinski definition) is 1. The summed E-state index contributed by atoms with van der Waals surface area (Å²) in [6, 6.07) is 7.92. The number of guanidine groups is 1. The van der Waals surface area contributed by atoms with E-state index in [4.69, 9.17) is 16.3 Å². The van der Waals surface area contributed by atoms with Crippen molar-refractivity contribution in [2.75, 3.05) is 71.5 Å². The number of ether oxygens (including phenoxy) is 1. The van der Waals surface area contributed by atoms with Gasteiger partial charge in [0.1, 0.15) is 6.54 Å². The molecule has 0 saturated carbocycles. The molecule has 0 aliphatic carbocycles. The normalized spacial score (nSPS) is 14.9. The highest BCUT2D eigenvalue weighted by atomic mass is 35.5. The van der Waals surface area contributed by atoms with E-state index in [9.17, 15) is 4.79 Å². The van der Waals surface area contributed by atoms with Crippen LogP contribution in [0, 0.1) is 0 Å². The van der Waals surface area contributed by atoms with Crippen molar-refractivity contribution >= 4 is 29.2 Å². The number of carbonyl (C=O) groups excluding carboxylic acids is 1. The SMILES string of the molecule is CCOCCCNC(=NCC(=O)N(C)C)N1CCN(c2ccccc2Cl)CC1. The Labute approximate surface area is 173 Å². The van der Waals surface area contributed by atoms with Crippen LogP contribution in [0.1, 0.15) is 13.3 Å². The molecule has 1 aromatic rings. The third-order valence-corrected chi connectivity index (χ3v) is 4.91. The molecule has 1 amide bonds. The van der Waals surface area contributed by atoms with Crippen LogP contribution in [-0.4, -0.2) is 88.2 Å². The lowest BCUT2D eigenvalue weighted by Crippen LogP contribution is -2.53. The van der Waals surface area contributed by atoms with E-state index in [1.807, 2.05) is 25.1 Å². The summed E-state index contributed by atoms with van der Waals surface area (Å²) in [5.74, 6) is 0.772. The van der Waals surface area contributed by atoms with Gasteiger partial charge in [0, 0.05) is 60.0 Å². The van der Waals surface area contributed by atoms with E-state index in [1.54, 1.807) is 19.0 Å². The number of anilines is 1. The maximum Gasteiger partial charge on any atom is 0.243 e. The molecule has 8 heteroatoms. The van der Waals surface area contributed by atoms with Crippen LogP contribution >= 0.6 is 11.6 Å². The van der Waals surface area contributed by atoms with Gasteiger partial charge in [-0.15, -0.1) is 0 Å². The second-order valence-corrected chi connectivity index (χ2v) is 7.24. The molecule has 1 aliphatic heterocycles. The molecule has 0 unspecified atom stereocenters.